The monoisotopic (exact) mass is 343 g/mol. The molecule has 0 aliphatic heterocycles. The summed E-state index contributed by atoms with van der Waals surface area (Å²) in [7, 11) is -4.80. The first-order chi connectivity index (χ1) is 9.23. The van der Waals surface area contributed by atoms with E-state index in [2.05, 4.69) is 83.8 Å². The molecule has 21 heavy (non-hydrogen) atoms. The summed E-state index contributed by atoms with van der Waals surface area (Å²) >= 11 is 0. The Morgan fingerprint density at radius 3 is 1.33 bits per heavy atom. The molecule has 0 saturated carbocycles. The van der Waals surface area contributed by atoms with Gasteiger partial charge in [-0.2, -0.15) is 15.0 Å². The average molecular weight is 344 g/mol. The molecular weight excluding hydrogens is 314 g/mol. The topological polar surface area (TPSA) is 72.0 Å². The second-order valence-corrected chi connectivity index (χ2v) is 22.2. The Balaban J connectivity index is 3.13. The van der Waals surface area contributed by atoms with Crippen molar-refractivity contribution in [2.24, 2.45) is 0 Å². The highest BCUT2D eigenvalue weighted by Crippen LogP contribution is 2.18. The normalized spacial score (nSPS) is 13.0. The number of hydrogen-bond donors (Lipinski definition) is 2. The summed E-state index contributed by atoms with van der Waals surface area (Å²) in [6, 6.07) is 0.422. The maximum atomic E-state index is 5.94. The molecule has 0 radical (unpaired) electrons. The van der Waals surface area contributed by atoms with E-state index in [1.165, 1.54) is 0 Å². The van der Waals surface area contributed by atoms with Gasteiger partial charge in [-0.15, -0.1) is 0 Å². The van der Waals surface area contributed by atoms with E-state index in [0.717, 1.165) is 0 Å². The Kier molecular flexibility index (Phi) is 5.22. The summed E-state index contributed by atoms with van der Waals surface area (Å²) in [6.07, 6.45) is 0. The third kappa shape index (κ3) is 8.17. The van der Waals surface area contributed by atoms with Crippen LogP contribution in [-0.4, -0.2) is 39.7 Å². The van der Waals surface area contributed by atoms with Crippen LogP contribution in [0.25, 0.3) is 0 Å². The van der Waals surface area contributed by atoms with Gasteiger partial charge in [-0.3, -0.25) is 0 Å². The number of aromatic nitrogens is 3. The lowest BCUT2D eigenvalue weighted by Gasteiger charge is -2.23. The van der Waals surface area contributed by atoms with Crippen LogP contribution in [0.3, 0.4) is 0 Å². The summed E-state index contributed by atoms with van der Waals surface area (Å²) in [6.45, 7) is 19.6. The van der Waals surface area contributed by atoms with E-state index in [1.807, 2.05) is 0 Å². The average Bonchev–Trinajstić information content (AvgIpc) is 2.06. The zero-order valence-corrected chi connectivity index (χ0v) is 17.7. The lowest BCUT2D eigenvalue weighted by Crippen LogP contribution is -2.36. The van der Waals surface area contributed by atoms with Crippen molar-refractivity contribution in [3.05, 3.63) is 0 Å². The first-order valence-corrected chi connectivity index (χ1v) is 17.7. The van der Waals surface area contributed by atoms with E-state index in [9.17, 15) is 0 Å². The van der Waals surface area contributed by atoms with E-state index in [1.54, 1.807) is 0 Å². The minimum Gasteiger partial charge on any atom is -0.518 e. The lowest BCUT2D eigenvalue weighted by atomic mass is 10.9. The standard InChI is InChI=1S/C12H29N5OSi3/c1-19(2,3)16-10-13-11(17-20(4,5)6)15-12(14-10)18-21(7,8)9/h1-9H3,(H2,13,14,15,16,17). The Morgan fingerprint density at radius 2 is 1.05 bits per heavy atom. The van der Waals surface area contributed by atoms with Crippen LogP contribution in [0.4, 0.5) is 11.9 Å². The van der Waals surface area contributed by atoms with E-state index in [0.29, 0.717) is 17.9 Å². The number of rotatable bonds is 6. The van der Waals surface area contributed by atoms with Gasteiger partial charge in [-0.05, 0) is 19.6 Å². The minimum atomic E-state index is -1.75. The first kappa shape index (κ1) is 18.1. The summed E-state index contributed by atoms with van der Waals surface area (Å²) in [5.41, 5.74) is 0. The highest BCUT2D eigenvalue weighted by atomic mass is 28.4. The highest BCUT2D eigenvalue weighted by Gasteiger charge is 2.23. The fraction of sp³-hybridized carbons (Fsp3) is 0.750. The molecule has 0 saturated heterocycles. The van der Waals surface area contributed by atoms with Gasteiger partial charge in [0.1, 0.15) is 16.5 Å². The molecule has 0 atom stereocenters. The van der Waals surface area contributed by atoms with Gasteiger partial charge in [0.05, 0.1) is 0 Å². The molecule has 2 N–H and O–H groups in total. The quantitative estimate of drug-likeness (QED) is 0.769. The van der Waals surface area contributed by atoms with Gasteiger partial charge < -0.3 is 14.4 Å². The third-order valence-corrected chi connectivity index (χ3v) is 4.73. The smallest absolute Gasteiger partial charge is 0.309 e. The van der Waals surface area contributed by atoms with Crippen molar-refractivity contribution in [1.29, 1.82) is 0 Å². The van der Waals surface area contributed by atoms with E-state index >= 15 is 0 Å². The van der Waals surface area contributed by atoms with Gasteiger partial charge >= 0.3 is 6.01 Å². The van der Waals surface area contributed by atoms with E-state index < -0.39 is 24.8 Å². The molecule has 0 unspecified atom stereocenters. The maximum Gasteiger partial charge on any atom is 0.309 e. The molecule has 0 spiro atoms. The summed E-state index contributed by atoms with van der Waals surface area (Å²) in [4.78, 5) is 20.2. The molecule has 6 nitrogen and oxygen atoms in total. The van der Waals surface area contributed by atoms with Crippen LogP contribution in [0.5, 0.6) is 6.01 Å². The fourth-order valence-corrected chi connectivity index (χ4v) is 3.66. The van der Waals surface area contributed by atoms with Crippen molar-refractivity contribution in [2.75, 3.05) is 9.96 Å². The second-order valence-electron chi connectivity index (χ2n) is 8.23. The van der Waals surface area contributed by atoms with Crippen LogP contribution in [0.15, 0.2) is 0 Å². The molecule has 1 aromatic rings. The molecule has 1 heterocycles. The van der Waals surface area contributed by atoms with Crippen molar-refractivity contribution in [2.45, 2.75) is 58.9 Å². The molecule has 1 rings (SSSR count). The molecule has 9 heteroatoms. The minimum absolute atomic E-state index is 0.422. The Morgan fingerprint density at radius 1 is 0.667 bits per heavy atom. The number of nitrogens with zero attached hydrogens (tertiary/aromatic N) is 3. The van der Waals surface area contributed by atoms with E-state index in [-0.39, 0.29) is 0 Å². The van der Waals surface area contributed by atoms with Gasteiger partial charge in [0.15, 0.2) is 0 Å². The fourth-order valence-electron chi connectivity index (χ4n) is 1.46. The Labute approximate surface area is 131 Å². The summed E-state index contributed by atoms with van der Waals surface area (Å²) < 4.78 is 5.94. The molecule has 1 aromatic heterocycles. The molecule has 120 valence electrons. The van der Waals surface area contributed by atoms with Gasteiger partial charge in [0.2, 0.25) is 20.2 Å². The van der Waals surface area contributed by atoms with Gasteiger partial charge in [-0.1, -0.05) is 39.3 Å². The zero-order valence-electron chi connectivity index (χ0n) is 14.7. The van der Waals surface area contributed by atoms with Crippen LogP contribution in [0.2, 0.25) is 58.9 Å². The summed E-state index contributed by atoms with van der Waals surface area (Å²) in [5.74, 6) is 1.22. The molecule has 0 bridgehead atoms. The molecule has 0 fully saturated rings. The lowest BCUT2D eigenvalue weighted by molar-refractivity contribution is 0.508. The largest absolute Gasteiger partial charge is 0.518 e. The predicted octanol–water partition coefficient (Wildman–Crippen LogP) is 3.58. The van der Waals surface area contributed by atoms with Crippen LogP contribution in [-0.2, 0) is 0 Å². The predicted molar refractivity (Wildman–Crippen MR) is 97.7 cm³/mol. The number of nitrogens with one attached hydrogen (secondary N) is 2. The number of anilines is 2. The SMILES string of the molecule is C[Si](C)(C)Nc1nc(N[Si](C)(C)C)nc(O[Si](C)(C)C)n1. The van der Waals surface area contributed by atoms with Crippen LogP contribution in [0.1, 0.15) is 0 Å². The maximum absolute atomic E-state index is 5.94. The molecular formula is C12H29N5OSi3. The zero-order chi connectivity index (χ0) is 16.5. The van der Waals surface area contributed by atoms with Crippen molar-refractivity contribution >= 4 is 36.7 Å². The van der Waals surface area contributed by atoms with Gasteiger partial charge in [0, 0.05) is 0 Å². The Bertz CT molecular complexity index is 407. The van der Waals surface area contributed by atoms with Gasteiger partial charge in [0.25, 0.3) is 0 Å². The molecule has 0 aromatic carbocycles. The number of hydrogen-bond acceptors (Lipinski definition) is 6. The van der Waals surface area contributed by atoms with Crippen LogP contribution in [0, 0.1) is 0 Å². The van der Waals surface area contributed by atoms with Crippen molar-refractivity contribution in [3.63, 3.8) is 0 Å². The molecule has 0 aliphatic rings. The van der Waals surface area contributed by atoms with Crippen molar-refractivity contribution < 1.29 is 4.43 Å². The molecule has 0 amide bonds. The Hall–Kier alpha value is -0.939. The van der Waals surface area contributed by atoms with Crippen LogP contribution < -0.4 is 14.4 Å². The first-order valence-electron chi connectivity index (χ1n) is 7.25. The second kappa shape index (κ2) is 6.05. The van der Waals surface area contributed by atoms with Crippen molar-refractivity contribution in [1.82, 2.24) is 15.0 Å². The van der Waals surface area contributed by atoms with E-state index in [4.69, 9.17) is 4.43 Å². The molecule has 0 aliphatic carbocycles. The van der Waals surface area contributed by atoms with Crippen molar-refractivity contribution in [3.8, 4) is 6.01 Å². The van der Waals surface area contributed by atoms with Gasteiger partial charge in [-0.25, -0.2) is 0 Å². The third-order valence-electron chi connectivity index (χ3n) is 1.99. The highest BCUT2D eigenvalue weighted by molar-refractivity contribution is 6.79. The summed E-state index contributed by atoms with van der Waals surface area (Å²) in [5, 5.41) is 0. The van der Waals surface area contributed by atoms with Crippen LogP contribution >= 0.6 is 0 Å².